The summed E-state index contributed by atoms with van der Waals surface area (Å²) in [6.45, 7) is -2.68. The first-order chi connectivity index (χ1) is 5.98. The Labute approximate surface area is 75.1 Å². The highest BCUT2D eigenvalue weighted by Crippen LogP contribution is 2.84. The molecule has 1 heterocycles. The highest BCUT2D eigenvalue weighted by molar-refractivity contribution is 6.63. The molecule has 0 radical (unpaired) electrons. The Morgan fingerprint density at radius 2 is 1.62 bits per heavy atom. The van der Waals surface area contributed by atoms with E-state index in [2.05, 4.69) is 5.32 Å². The van der Waals surface area contributed by atoms with Gasteiger partial charge >= 0.3 is 6.98 Å². The third kappa shape index (κ3) is 0.755. The molecule has 1 N–H and O–H groups in total. The van der Waals surface area contributed by atoms with E-state index >= 15 is 0 Å². The van der Waals surface area contributed by atoms with Crippen LogP contribution in [0.25, 0.3) is 0 Å². The first kappa shape index (κ1) is 8.15. The van der Waals surface area contributed by atoms with E-state index in [-0.39, 0.29) is 5.41 Å². The molecule has 1 nitrogen and oxygen atoms in total. The zero-order valence-electron chi connectivity index (χ0n) is 7.32. The van der Waals surface area contributed by atoms with Gasteiger partial charge in [-0.25, -0.2) is 0 Å². The molecule has 3 saturated carbocycles. The number of rotatable bonds is 2. The van der Waals surface area contributed by atoms with Crippen LogP contribution in [0.2, 0.25) is 5.31 Å². The van der Waals surface area contributed by atoms with Crippen molar-refractivity contribution in [2.24, 2.45) is 11.3 Å². The fourth-order valence-electron chi connectivity index (χ4n) is 3.45. The summed E-state index contributed by atoms with van der Waals surface area (Å²) in [4.78, 5) is 0. The first-order valence-corrected chi connectivity index (χ1v) is 4.88. The number of nitrogens with one attached hydrogen (secondary N) is 1. The zero-order chi connectivity index (χ0) is 9.32. The van der Waals surface area contributed by atoms with Gasteiger partial charge in [0.15, 0.2) is 0 Å². The Kier molecular flexibility index (Phi) is 1.20. The Balaban J connectivity index is 1.70. The standard InChI is InChI=1S/C8H12BF3N/c10-9(11,12)8-3-7(4-8,5-8)6-1-13-2-6/h6,13H,1-5H2/q-1. The smallest absolute Gasteiger partial charge is 0.449 e. The van der Waals surface area contributed by atoms with Gasteiger partial charge in [-0.1, -0.05) is 24.6 Å². The Bertz CT molecular complexity index is 239. The molecule has 0 atom stereocenters. The van der Waals surface area contributed by atoms with Gasteiger partial charge in [-0.2, -0.15) is 0 Å². The second-order valence-corrected chi connectivity index (χ2v) is 5.19. The molecule has 1 aliphatic heterocycles. The predicted octanol–water partition coefficient (Wildman–Crippen LogP) is 1.98. The predicted molar refractivity (Wildman–Crippen MR) is 44.4 cm³/mol. The van der Waals surface area contributed by atoms with Crippen LogP contribution in [0.15, 0.2) is 0 Å². The summed E-state index contributed by atoms with van der Waals surface area (Å²) in [5.41, 5.74) is 0.114. The summed E-state index contributed by atoms with van der Waals surface area (Å²) in [6.07, 6.45) is 1.32. The molecule has 4 fully saturated rings. The van der Waals surface area contributed by atoms with Gasteiger partial charge in [-0.15, -0.1) is 0 Å². The Hall–Kier alpha value is -0.185. The minimum absolute atomic E-state index is 0.114. The van der Waals surface area contributed by atoms with E-state index < -0.39 is 12.3 Å². The van der Waals surface area contributed by atoms with E-state index in [0.717, 1.165) is 13.1 Å². The van der Waals surface area contributed by atoms with Crippen LogP contribution in [0.1, 0.15) is 19.3 Å². The SMILES string of the molecule is F[B-](F)(F)C12CC(C3CNC3)(C1)C2. The molecule has 0 aromatic rings. The summed E-state index contributed by atoms with van der Waals surface area (Å²) in [5.74, 6) is 0.549. The van der Waals surface area contributed by atoms with Crippen molar-refractivity contribution in [1.82, 2.24) is 5.32 Å². The summed E-state index contributed by atoms with van der Waals surface area (Å²) in [7, 11) is 0. The number of hydrogen-bond donors (Lipinski definition) is 1. The van der Waals surface area contributed by atoms with Crippen molar-refractivity contribution < 1.29 is 12.9 Å². The minimum atomic E-state index is -4.57. The van der Waals surface area contributed by atoms with Crippen molar-refractivity contribution >= 4 is 6.98 Å². The summed E-state index contributed by atoms with van der Waals surface area (Å²) in [5, 5.41) is 1.95. The average molecular weight is 190 g/mol. The van der Waals surface area contributed by atoms with Gasteiger partial charge in [-0.3, -0.25) is 0 Å². The molecular formula is C8H12BF3N-. The monoisotopic (exact) mass is 190 g/mol. The molecule has 4 aliphatic rings. The molecule has 5 heteroatoms. The highest BCUT2D eigenvalue weighted by atomic mass is 19.4. The van der Waals surface area contributed by atoms with Gasteiger partial charge in [0.2, 0.25) is 0 Å². The lowest BCUT2D eigenvalue weighted by molar-refractivity contribution is -0.166. The molecule has 13 heavy (non-hydrogen) atoms. The van der Waals surface area contributed by atoms with Crippen LogP contribution >= 0.6 is 0 Å². The molecule has 0 amide bonds. The quantitative estimate of drug-likeness (QED) is 0.656. The second-order valence-electron chi connectivity index (χ2n) is 5.19. The number of hydrogen-bond acceptors (Lipinski definition) is 1. The van der Waals surface area contributed by atoms with Crippen molar-refractivity contribution in [1.29, 1.82) is 0 Å². The lowest BCUT2D eigenvalue weighted by Crippen LogP contribution is -2.71. The van der Waals surface area contributed by atoms with Gasteiger partial charge in [0, 0.05) is 0 Å². The van der Waals surface area contributed by atoms with Crippen LogP contribution in [0.3, 0.4) is 0 Å². The maximum atomic E-state index is 12.5. The molecule has 1 saturated heterocycles. The Morgan fingerprint density at radius 1 is 1.08 bits per heavy atom. The molecule has 0 aromatic carbocycles. The molecule has 3 aliphatic carbocycles. The minimum Gasteiger partial charge on any atom is -0.449 e. The summed E-state index contributed by atoms with van der Waals surface area (Å²) < 4.78 is 37.6. The lowest BCUT2D eigenvalue weighted by atomic mass is 9.22. The van der Waals surface area contributed by atoms with E-state index in [1.807, 2.05) is 0 Å². The fraction of sp³-hybridized carbons (Fsp3) is 1.00. The van der Waals surface area contributed by atoms with Crippen LogP contribution in [-0.4, -0.2) is 20.1 Å². The third-order valence-electron chi connectivity index (χ3n) is 4.45. The van der Waals surface area contributed by atoms with Gasteiger partial charge in [0.1, 0.15) is 0 Å². The van der Waals surface area contributed by atoms with Crippen molar-refractivity contribution in [2.45, 2.75) is 24.6 Å². The molecule has 0 aromatic heterocycles. The van der Waals surface area contributed by atoms with Crippen molar-refractivity contribution in [2.75, 3.05) is 13.1 Å². The topological polar surface area (TPSA) is 12.0 Å². The summed E-state index contributed by atoms with van der Waals surface area (Å²) >= 11 is 0. The normalized spacial score (nSPS) is 49.2. The second kappa shape index (κ2) is 1.92. The maximum absolute atomic E-state index is 12.5. The molecule has 2 bridgehead atoms. The van der Waals surface area contributed by atoms with Crippen molar-refractivity contribution in [3.8, 4) is 0 Å². The molecular weight excluding hydrogens is 178 g/mol. The van der Waals surface area contributed by atoms with Gasteiger partial charge < -0.3 is 18.3 Å². The fourth-order valence-corrected chi connectivity index (χ4v) is 3.45. The van der Waals surface area contributed by atoms with Crippen LogP contribution in [0.5, 0.6) is 0 Å². The van der Waals surface area contributed by atoms with E-state index in [0.29, 0.717) is 25.2 Å². The van der Waals surface area contributed by atoms with E-state index in [1.165, 1.54) is 0 Å². The summed E-state index contributed by atoms with van der Waals surface area (Å²) in [6, 6.07) is 0. The van der Waals surface area contributed by atoms with E-state index in [9.17, 15) is 12.9 Å². The van der Waals surface area contributed by atoms with Gasteiger partial charge in [0.05, 0.1) is 0 Å². The van der Waals surface area contributed by atoms with E-state index in [4.69, 9.17) is 0 Å². The average Bonchev–Trinajstić information content (AvgIpc) is 1.64. The van der Waals surface area contributed by atoms with Gasteiger partial charge in [-0.05, 0) is 24.4 Å². The zero-order valence-corrected chi connectivity index (χ0v) is 7.32. The Morgan fingerprint density at radius 3 is 1.92 bits per heavy atom. The largest absolute Gasteiger partial charge is 0.484 e. The van der Waals surface area contributed by atoms with Crippen LogP contribution in [0.4, 0.5) is 12.9 Å². The van der Waals surface area contributed by atoms with E-state index in [1.54, 1.807) is 0 Å². The molecule has 74 valence electrons. The van der Waals surface area contributed by atoms with Crippen LogP contribution < -0.4 is 5.32 Å². The maximum Gasteiger partial charge on any atom is 0.484 e. The third-order valence-corrected chi connectivity index (χ3v) is 4.45. The van der Waals surface area contributed by atoms with Crippen molar-refractivity contribution in [3.05, 3.63) is 0 Å². The van der Waals surface area contributed by atoms with Gasteiger partial charge in [0.25, 0.3) is 0 Å². The lowest BCUT2D eigenvalue weighted by Gasteiger charge is -2.78. The van der Waals surface area contributed by atoms with Crippen LogP contribution in [-0.2, 0) is 0 Å². The van der Waals surface area contributed by atoms with Crippen LogP contribution in [0, 0.1) is 11.3 Å². The first-order valence-electron chi connectivity index (χ1n) is 4.88. The van der Waals surface area contributed by atoms with Crippen molar-refractivity contribution in [3.63, 3.8) is 0 Å². The number of halogens is 3. The highest BCUT2D eigenvalue weighted by Gasteiger charge is 2.75. The molecule has 4 rings (SSSR count). The molecule has 0 unspecified atom stereocenters. The molecule has 0 spiro atoms.